The van der Waals surface area contributed by atoms with Gasteiger partial charge >= 0.3 is 0 Å². The van der Waals surface area contributed by atoms with E-state index in [1.54, 1.807) is 4.68 Å². The number of amides is 1. The van der Waals surface area contributed by atoms with Crippen LogP contribution in [-0.4, -0.2) is 42.1 Å². The van der Waals surface area contributed by atoms with E-state index in [2.05, 4.69) is 10.4 Å². The van der Waals surface area contributed by atoms with Gasteiger partial charge in [0.05, 0.1) is 17.6 Å². The highest BCUT2D eigenvalue weighted by Crippen LogP contribution is 2.40. The van der Waals surface area contributed by atoms with Crippen molar-refractivity contribution in [1.82, 2.24) is 15.1 Å². The predicted molar refractivity (Wildman–Crippen MR) is 115 cm³/mol. The van der Waals surface area contributed by atoms with Crippen LogP contribution in [0.15, 0.2) is 48.1 Å². The fraction of sp³-hybridized carbons (Fsp3) is 0.364. The third-order valence-electron chi connectivity index (χ3n) is 5.16. The lowest BCUT2D eigenvalue weighted by molar-refractivity contribution is -0.124. The van der Waals surface area contributed by atoms with Gasteiger partial charge in [-0.25, -0.2) is 0 Å². The number of anilines is 2. The number of carbonyl (C=O) groups excluding carboxylic acids is 2. The third-order valence-corrected chi connectivity index (χ3v) is 5.16. The van der Waals surface area contributed by atoms with E-state index >= 15 is 0 Å². The Bertz CT molecular complexity index is 986. The second-order valence-corrected chi connectivity index (χ2v) is 7.32. The van der Waals surface area contributed by atoms with E-state index in [9.17, 15) is 14.9 Å². The van der Waals surface area contributed by atoms with Crippen molar-refractivity contribution in [1.29, 1.82) is 5.26 Å². The van der Waals surface area contributed by atoms with E-state index in [1.807, 2.05) is 73.7 Å². The molecule has 156 valence electrons. The lowest BCUT2D eigenvalue weighted by atomic mass is 10.1. The quantitative estimate of drug-likeness (QED) is 0.410. The zero-order valence-corrected chi connectivity index (χ0v) is 17.6. The van der Waals surface area contributed by atoms with Crippen molar-refractivity contribution in [3.8, 4) is 6.07 Å². The molecule has 8 nitrogen and oxygen atoms in total. The average molecular weight is 406 g/mol. The minimum atomic E-state index is -0.329. The Labute approximate surface area is 176 Å². The Hall–Kier alpha value is -3.60. The Morgan fingerprint density at radius 2 is 1.77 bits per heavy atom. The van der Waals surface area contributed by atoms with E-state index in [1.165, 1.54) is 0 Å². The molecule has 0 radical (unpaired) electrons. The second kappa shape index (κ2) is 9.27. The molecule has 2 heterocycles. The molecule has 0 unspecified atom stereocenters. The number of nitriles is 1. The Balaban J connectivity index is 1.53. The third kappa shape index (κ3) is 4.51. The molecule has 0 fully saturated rings. The van der Waals surface area contributed by atoms with Crippen LogP contribution in [0.1, 0.15) is 24.8 Å². The summed E-state index contributed by atoms with van der Waals surface area (Å²) < 4.78 is 1.75. The van der Waals surface area contributed by atoms with Gasteiger partial charge in [0.15, 0.2) is 5.78 Å². The molecule has 1 aromatic heterocycles. The summed E-state index contributed by atoms with van der Waals surface area (Å²) in [6.45, 7) is 0.537. The van der Waals surface area contributed by atoms with Crippen LogP contribution in [0.25, 0.3) is 0 Å². The number of aromatic nitrogens is 2. The smallest absolute Gasteiger partial charge is 0.220 e. The van der Waals surface area contributed by atoms with Crippen LogP contribution >= 0.6 is 0 Å². The molecule has 0 bridgehead atoms. The topological polar surface area (TPSA) is 94.3 Å². The number of nitrogens with one attached hydrogen (secondary N) is 1. The summed E-state index contributed by atoms with van der Waals surface area (Å²) in [5.74, 6) is 0.0262. The highest BCUT2D eigenvalue weighted by Gasteiger charge is 2.31. The maximum Gasteiger partial charge on any atom is 0.220 e. The molecule has 1 aliphatic heterocycles. The lowest BCUT2D eigenvalue weighted by Gasteiger charge is -2.19. The number of hydrogen-bond acceptors (Lipinski definition) is 6. The number of carbonyl (C=O) groups is 2. The van der Waals surface area contributed by atoms with Crippen LogP contribution in [-0.2, 0) is 23.1 Å². The van der Waals surface area contributed by atoms with Crippen LogP contribution in [0.3, 0.4) is 0 Å². The fourth-order valence-electron chi connectivity index (χ4n) is 3.62. The highest BCUT2D eigenvalue weighted by molar-refractivity contribution is 6.03. The summed E-state index contributed by atoms with van der Waals surface area (Å²) in [4.78, 5) is 28.5. The first kappa shape index (κ1) is 21.1. The number of nitrogens with zero attached hydrogens (tertiary/aromatic N) is 5. The summed E-state index contributed by atoms with van der Waals surface area (Å²) >= 11 is 0. The van der Waals surface area contributed by atoms with E-state index < -0.39 is 0 Å². The van der Waals surface area contributed by atoms with Gasteiger partial charge in [0.25, 0.3) is 0 Å². The molecule has 0 saturated heterocycles. The number of Topliss-reactive ketones (excluding diaryl/α,β-unsaturated/α-hetero) is 1. The van der Waals surface area contributed by atoms with Crippen LogP contribution in [0.5, 0.6) is 0 Å². The molecule has 0 saturated carbocycles. The molecule has 30 heavy (non-hydrogen) atoms. The number of hydrogen-bond donors (Lipinski definition) is 1. The van der Waals surface area contributed by atoms with E-state index in [0.29, 0.717) is 12.4 Å². The highest BCUT2D eigenvalue weighted by atomic mass is 16.2. The number of fused-ring (bicyclic) bond motifs is 1. The largest absolute Gasteiger partial charge is 0.356 e. The molecule has 0 atom stereocenters. The molecule has 1 amide bonds. The zero-order valence-electron chi connectivity index (χ0n) is 17.6. The number of ketones is 1. The van der Waals surface area contributed by atoms with Gasteiger partial charge in [0, 0.05) is 46.7 Å². The van der Waals surface area contributed by atoms with Crippen molar-refractivity contribution in [2.45, 2.75) is 25.7 Å². The van der Waals surface area contributed by atoms with E-state index in [-0.39, 0.29) is 30.1 Å². The first-order chi connectivity index (χ1) is 14.4. The SMILES string of the molecule is CN1C(=C(C#N)C(=O)CCC(=O)NCCCc2cnn(C)c2)N(C)c2ccccc21. The standard InChI is InChI=1S/C22H26N6O2/c1-26-15-16(14-25-26)7-6-12-24-21(30)11-10-20(29)17(13-23)22-27(2)18-8-4-5-9-19(18)28(22)3/h4-5,8-9,14-15H,6-7,10-12H2,1-3H3,(H,24,30). The van der Waals surface area contributed by atoms with Crippen molar-refractivity contribution in [2.75, 3.05) is 30.4 Å². The van der Waals surface area contributed by atoms with Crippen molar-refractivity contribution in [3.63, 3.8) is 0 Å². The van der Waals surface area contributed by atoms with Crippen LogP contribution in [0.4, 0.5) is 11.4 Å². The molecule has 1 aromatic carbocycles. The summed E-state index contributed by atoms with van der Waals surface area (Å²) in [5, 5.41) is 16.6. The first-order valence-corrected chi connectivity index (χ1v) is 9.90. The second-order valence-electron chi connectivity index (χ2n) is 7.32. The van der Waals surface area contributed by atoms with Crippen molar-refractivity contribution < 1.29 is 9.59 Å². The van der Waals surface area contributed by atoms with Gasteiger partial charge in [-0.2, -0.15) is 10.4 Å². The predicted octanol–water partition coefficient (Wildman–Crippen LogP) is 2.14. The molecule has 2 aromatic rings. The number of allylic oxidation sites excluding steroid dienone is 1. The van der Waals surface area contributed by atoms with Gasteiger partial charge in [0.1, 0.15) is 17.5 Å². The Morgan fingerprint density at radius 3 is 2.33 bits per heavy atom. The molecule has 8 heteroatoms. The summed E-state index contributed by atoms with van der Waals surface area (Å²) in [5.41, 5.74) is 3.06. The molecule has 0 spiro atoms. The summed E-state index contributed by atoms with van der Waals surface area (Å²) in [6.07, 6.45) is 5.45. The molecular weight excluding hydrogens is 380 g/mol. The van der Waals surface area contributed by atoms with Crippen molar-refractivity contribution in [2.24, 2.45) is 7.05 Å². The van der Waals surface area contributed by atoms with E-state index in [4.69, 9.17) is 0 Å². The van der Waals surface area contributed by atoms with Gasteiger partial charge < -0.3 is 15.1 Å². The van der Waals surface area contributed by atoms with Gasteiger partial charge in [-0.3, -0.25) is 14.3 Å². The van der Waals surface area contributed by atoms with Crippen molar-refractivity contribution >= 4 is 23.1 Å². The molecule has 1 N–H and O–H groups in total. The van der Waals surface area contributed by atoms with Gasteiger partial charge in [-0.05, 0) is 30.5 Å². The minimum Gasteiger partial charge on any atom is -0.356 e. The van der Waals surface area contributed by atoms with Crippen molar-refractivity contribution in [3.05, 3.63) is 53.6 Å². The van der Waals surface area contributed by atoms with Crippen LogP contribution in [0, 0.1) is 11.3 Å². The summed E-state index contributed by atoms with van der Waals surface area (Å²) in [7, 11) is 5.53. The van der Waals surface area contributed by atoms with Gasteiger partial charge in [-0.15, -0.1) is 0 Å². The van der Waals surface area contributed by atoms with Crippen LogP contribution < -0.4 is 15.1 Å². The molecular formula is C22H26N6O2. The van der Waals surface area contributed by atoms with Gasteiger partial charge in [-0.1, -0.05) is 12.1 Å². The number of para-hydroxylation sites is 2. The molecule has 3 rings (SSSR count). The molecule has 1 aliphatic rings. The monoisotopic (exact) mass is 406 g/mol. The first-order valence-electron chi connectivity index (χ1n) is 9.90. The minimum absolute atomic E-state index is 0.00113. The van der Waals surface area contributed by atoms with Gasteiger partial charge in [0.2, 0.25) is 5.91 Å². The summed E-state index contributed by atoms with van der Waals surface area (Å²) in [6, 6.07) is 9.76. The Morgan fingerprint density at radius 1 is 1.10 bits per heavy atom. The van der Waals surface area contributed by atoms with E-state index in [0.717, 1.165) is 29.8 Å². The number of rotatable bonds is 8. The zero-order chi connectivity index (χ0) is 21.7. The molecule has 0 aliphatic carbocycles. The fourth-order valence-corrected chi connectivity index (χ4v) is 3.62. The maximum absolute atomic E-state index is 12.7. The average Bonchev–Trinajstić information content (AvgIpc) is 3.27. The maximum atomic E-state index is 12.7. The number of benzene rings is 1. The Kier molecular flexibility index (Phi) is 6.52. The normalized spacial score (nSPS) is 12.5. The lowest BCUT2D eigenvalue weighted by Crippen LogP contribution is -2.28. The number of aryl methyl sites for hydroxylation is 2. The van der Waals surface area contributed by atoms with Crippen LogP contribution in [0.2, 0.25) is 0 Å².